The van der Waals surface area contributed by atoms with Gasteiger partial charge in [0, 0.05) is 12.1 Å². The molecule has 2 fully saturated rings. The molecule has 2 aromatic rings. The van der Waals surface area contributed by atoms with Crippen LogP contribution in [-0.4, -0.2) is 64.7 Å². The molecule has 11 nitrogen and oxygen atoms in total. The zero-order valence-corrected chi connectivity index (χ0v) is 21.6. The fraction of sp³-hybridized carbons (Fsp3) is 0.385. The van der Waals surface area contributed by atoms with E-state index in [1.807, 2.05) is 30.3 Å². The van der Waals surface area contributed by atoms with Gasteiger partial charge in [0.2, 0.25) is 12.2 Å². The van der Waals surface area contributed by atoms with E-state index >= 15 is 0 Å². The number of halogens is 1. The number of ether oxygens (including phenoxy) is 2. The Morgan fingerprint density at radius 3 is 2.55 bits per heavy atom. The van der Waals surface area contributed by atoms with E-state index in [2.05, 4.69) is 5.32 Å². The van der Waals surface area contributed by atoms with E-state index in [1.165, 1.54) is 30.0 Å². The van der Waals surface area contributed by atoms with Gasteiger partial charge in [-0.1, -0.05) is 41.9 Å². The lowest BCUT2D eigenvalue weighted by Gasteiger charge is -2.25. The molecule has 0 saturated carbocycles. The van der Waals surface area contributed by atoms with Crippen LogP contribution in [0.25, 0.3) is 0 Å². The van der Waals surface area contributed by atoms with Gasteiger partial charge in [-0.05, 0) is 43.5 Å². The van der Waals surface area contributed by atoms with Gasteiger partial charge in [-0.2, -0.15) is 0 Å². The molecular formula is C26H31ClN4O7. The number of hydrogen-bond acceptors (Lipinski definition) is 8. The average Bonchev–Trinajstić information content (AvgIpc) is 3.51. The summed E-state index contributed by atoms with van der Waals surface area (Å²) in [5.74, 6) is -2.20. The first-order valence-corrected chi connectivity index (χ1v) is 12.4. The van der Waals surface area contributed by atoms with Crippen molar-refractivity contribution >= 4 is 41.0 Å². The average molecular weight is 547 g/mol. The van der Waals surface area contributed by atoms with Gasteiger partial charge >= 0.3 is 11.9 Å². The molecule has 0 spiro atoms. The van der Waals surface area contributed by atoms with Gasteiger partial charge in [-0.3, -0.25) is 14.4 Å². The monoisotopic (exact) mass is 546 g/mol. The molecule has 38 heavy (non-hydrogen) atoms. The largest absolute Gasteiger partial charge is 0.480 e. The Hall–Kier alpha value is -3.67. The van der Waals surface area contributed by atoms with Gasteiger partial charge in [-0.15, -0.1) is 0 Å². The van der Waals surface area contributed by atoms with Gasteiger partial charge in [0.05, 0.1) is 29.8 Å². The first-order chi connectivity index (χ1) is 18.1. The third-order valence-electron chi connectivity index (χ3n) is 6.06. The number of nitrogens with one attached hydrogen (secondary N) is 1. The Morgan fingerprint density at radius 2 is 1.95 bits per heavy atom. The number of nitrogen functional groups attached to an aromatic ring is 1. The molecule has 2 saturated heterocycles. The van der Waals surface area contributed by atoms with Crippen molar-refractivity contribution in [3.05, 3.63) is 64.7 Å². The van der Waals surface area contributed by atoms with E-state index in [9.17, 15) is 19.2 Å². The second-order valence-corrected chi connectivity index (χ2v) is 9.39. The molecule has 4 unspecified atom stereocenters. The summed E-state index contributed by atoms with van der Waals surface area (Å²) in [6.45, 7) is 2.31. The fourth-order valence-corrected chi connectivity index (χ4v) is 4.19. The highest BCUT2D eigenvalue weighted by Crippen LogP contribution is 2.21. The Balaban J connectivity index is 0.000000230. The number of carboxylic acid groups (broad SMARTS) is 1. The quantitative estimate of drug-likeness (QED) is 0.298. The Kier molecular flexibility index (Phi) is 10.1. The summed E-state index contributed by atoms with van der Waals surface area (Å²) in [7, 11) is 0. The van der Waals surface area contributed by atoms with Crippen LogP contribution in [0, 0.1) is 0 Å². The molecule has 0 bridgehead atoms. The zero-order chi connectivity index (χ0) is 27.8. The van der Waals surface area contributed by atoms with Crippen LogP contribution in [0.5, 0.6) is 0 Å². The van der Waals surface area contributed by atoms with Gasteiger partial charge in [0.15, 0.2) is 0 Å². The molecule has 0 aliphatic carbocycles. The topological polar surface area (TPSA) is 174 Å². The molecular weight excluding hydrogens is 516 g/mol. The highest BCUT2D eigenvalue weighted by Gasteiger charge is 2.36. The number of amides is 2. The van der Waals surface area contributed by atoms with Crippen molar-refractivity contribution in [3.8, 4) is 0 Å². The number of esters is 1. The Labute approximate surface area is 225 Å². The first-order valence-electron chi connectivity index (χ1n) is 12.1. The maximum absolute atomic E-state index is 12.3. The molecule has 4 atom stereocenters. The van der Waals surface area contributed by atoms with Crippen LogP contribution >= 0.6 is 11.6 Å². The summed E-state index contributed by atoms with van der Waals surface area (Å²) in [6, 6.07) is 12.1. The number of benzene rings is 2. The minimum Gasteiger partial charge on any atom is -0.480 e. The van der Waals surface area contributed by atoms with Crippen molar-refractivity contribution in [2.75, 3.05) is 12.3 Å². The highest BCUT2D eigenvalue weighted by molar-refractivity contribution is 6.33. The number of aliphatic carboxylic acids is 1. The molecule has 2 aromatic carbocycles. The van der Waals surface area contributed by atoms with Crippen molar-refractivity contribution in [2.45, 2.75) is 57.2 Å². The number of rotatable bonds is 7. The molecule has 2 heterocycles. The molecule has 4 rings (SSSR count). The minimum atomic E-state index is -1.03. The Bertz CT molecular complexity index is 1160. The summed E-state index contributed by atoms with van der Waals surface area (Å²) in [4.78, 5) is 47.8. The van der Waals surface area contributed by atoms with Gasteiger partial charge in [0.25, 0.3) is 5.91 Å². The first kappa shape index (κ1) is 28.9. The Morgan fingerprint density at radius 1 is 1.24 bits per heavy atom. The number of carbonyl (C=O) groups excluding carboxylic acids is 3. The number of likely N-dealkylation sites (tertiary alicyclic amines) is 1. The predicted octanol–water partition coefficient (Wildman–Crippen LogP) is 1.92. The summed E-state index contributed by atoms with van der Waals surface area (Å²) in [6.07, 6.45) is 0.698. The predicted molar refractivity (Wildman–Crippen MR) is 139 cm³/mol. The second-order valence-electron chi connectivity index (χ2n) is 8.98. The third-order valence-corrected chi connectivity index (χ3v) is 6.39. The van der Waals surface area contributed by atoms with E-state index in [0.29, 0.717) is 31.7 Å². The zero-order valence-electron chi connectivity index (χ0n) is 20.8. The molecule has 0 aromatic heterocycles. The van der Waals surface area contributed by atoms with Crippen molar-refractivity contribution in [2.24, 2.45) is 5.73 Å². The van der Waals surface area contributed by atoms with Crippen LogP contribution in [0.3, 0.4) is 0 Å². The number of nitrogens with zero attached hydrogens (tertiary/aromatic N) is 1. The molecule has 6 N–H and O–H groups in total. The van der Waals surface area contributed by atoms with Crippen LogP contribution in [0.2, 0.25) is 5.02 Å². The second kappa shape index (κ2) is 13.2. The summed E-state index contributed by atoms with van der Waals surface area (Å²) in [5, 5.41) is 11.9. The van der Waals surface area contributed by atoms with E-state index < -0.39 is 36.2 Å². The summed E-state index contributed by atoms with van der Waals surface area (Å²) < 4.78 is 10.3. The van der Waals surface area contributed by atoms with Crippen LogP contribution in [0.1, 0.15) is 42.1 Å². The normalized spacial score (nSPS) is 21.2. The number of anilines is 1. The lowest BCUT2D eigenvalue weighted by molar-refractivity contribution is -0.166. The molecule has 2 aliphatic rings. The molecule has 2 amide bonds. The number of carboxylic acids is 1. The van der Waals surface area contributed by atoms with Crippen molar-refractivity contribution in [3.63, 3.8) is 0 Å². The molecule has 2 aliphatic heterocycles. The fourth-order valence-electron chi connectivity index (χ4n) is 4.01. The van der Waals surface area contributed by atoms with Crippen LogP contribution in [0.15, 0.2) is 48.5 Å². The van der Waals surface area contributed by atoms with Crippen molar-refractivity contribution < 1.29 is 33.8 Å². The van der Waals surface area contributed by atoms with E-state index in [0.717, 1.165) is 5.56 Å². The lowest BCUT2D eigenvalue weighted by atomic mass is 10.1. The van der Waals surface area contributed by atoms with E-state index in [1.54, 1.807) is 0 Å². The van der Waals surface area contributed by atoms with Gasteiger partial charge in [-0.25, -0.2) is 4.79 Å². The van der Waals surface area contributed by atoms with E-state index in [4.69, 9.17) is 37.6 Å². The third kappa shape index (κ3) is 7.67. The SMILES string of the molecule is CC(NC(=O)c1ccc(N)c(Cl)c1)C(=O)N1CCCC1C(=O)O.NC1CC(=O)OC1OCc1ccccc1. The van der Waals surface area contributed by atoms with Crippen LogP contribution in [-0.2, 0) is 30.5 Å². The number of cyclic esters (lactones) is 1. The number of nitrogens with two attached hydrogens (primary N) is 2. The van der Waals surface area contributed by atoms with Crippen molar-refractivity contribution in [1.82, 2.24) is 10.2 Å². The summed E-state index contributed by atoms with van der Waals surface area (Å²) in [5.41, 5.74) is 12.9. The number of hydrogen-bond donors (Lipinski definition) is 4. The molecule has 0 radical (unpaired) electrons. The summed E-state index contributed by atoms with van der Waals surface area (Å²) >= 11 is 5.87. The molecule has 12 heteroatoms. The van der Waals surface area contributed by atoms with E-state index in [-0.39, 0.29) is 29.0 Å². The van der Waals surface area contributed by atoms with Crippen LogP contribution < -0.4 is 16.8 Å². The molecule has 204 valence electrons. The standard InChI is InChI=1S/C15H18ClN3O4.C11H13NO3/c1-8(14(21)19-6-2-3-12(19)15(22)23)18-13(20)9-4-5-11(17)10(16)7-9;12-9-6-10(13)15-11(9)14-7-8-4-2-1-3-5-8/h4-5,7-8,12H,2-3,6,17H2,1H3,(H,18,20)(H,22,23);1-5,9,11H,6-7,12H2. The smallest absolute Gasteiger partial charge is 0.326 e. The highest BCUT2D eigenvalue weighted by atomic mass is 35.5. The lowest BCUT2D eigenvalue weighted by Crippen LogP contribution is -2.50. The van der Waals surface area contributed by atoms with Gasteiger partial charge < -0.3 is 36.3 Å². The van der Waals surface area contributed by atoms with Gasteiger partial charge in [0.1, 0.15) is 12.1 Å². The van der Waals surface area contributed by atoms with Crippen LogP contribution in [0.4, 0.5) is 5.69 Å². The maximum atomic E-state index is 12.3. The number of carbonyl (C=O) groups is 4. The maximum Gasteiger partial charge on any atom is 0.326 e. The minimum absolute atomic E-state index is 0.236. The van der Waals surface area contributed by atoms with Crippen molar-refractivity contribution in [1.29, 1.82) is 0 Å².